The molecule has 0 aliphatic carbocycles. The van der Waals surface area contributed by atoms with Gasteiger partial charge in [-0.1, -0.05) is 4.49 Å². The van der Waals surface area contributed by atoms with Crippen molar-refractivity contribution < 1.29 is 4.79 Å². The Morgan fingerprint density at radius 3 is 2.70 bits per heavy atom. The van der Waals surface area contributed by atoms with Gasteiger partial charge in [-0.15, -0.1) is 5.10 Å². The first kappa shape index (κ1) is 15.6. The molecular formula is C14H19N7OS. The van der Waals surface area contributed by atoms with Crippen molar-refractivity contribution >= 4 is 34.9 Å². The molecule has 0 bridgehead atoms. The second-order valence-corrected chi connectivity index (χ2v) is 6.39. The van der Waals surface area contributed by atoms with Crippen molar-refractivity contribution in [2.75, 3.05) is 42.3 Å². The average molecular weight is 333 g/mol. The Balaban J connectivity index is 1.86. The zero-order chi connectivity index (χ0) is 16.4. The van der Waals surface area contributed by atoms with Gasteiger partial charge in [0.2, 0.25) is 5.95 Å². The van der Waals surface area contributed by atoms with Crippen LogP contribution in [-0.2, 0) is 0 Å². The van der Waals surface area contributed by atoms with Gasteiger partial charge in [-0.25, -0.2) is 4.98 Å². The van der Waals surface area contributed by atoms with Crippen LogP contribution in [0.15, 0.2) is 6.20 Å². The van der Waals surface area contributed by atoms with Crippen molar-refractivity contribution in [2.45, 2.75) is 19.8 Å². The summed E-state index contributed by atoms with van der Waals surface area (Å²) in [6.07, 6.45) is 3.99. The molecule has 0 aromatic carbocycles. The van der Waals surface area contributed by atoms with E-state index in [0.29, 0.717) is 28.0 Å². The highest BCUT2D eigenvalue weighted by Crippen LogP contribution is 2.26. The van der Waals surface area contributed by atoms with E-state index in [1.165, 1.54) is 0 Å². The van der Waals surface area contributed by atoms with Gasteiger partial charge >= 0.3 is 0 Å². The first-order valence-electron chi connectivity index (χ1n) is 7.46. The summed E-state index contributed by atoms with van der Waals surface area (Å²) in [5.74, 6) is 1.16. The van der Waals surface area contributed by atoms with Gasteiger partial charge in [0.1, 0.15) is 10.6 Å². The molecule has 1 saturated heterocycles. The van der Waals surface area contributed by atoms with E-state index in [9.17, 15) is 4.79 Å². The maximum atomic E-state index is 12.3. The number of nitrogens with one attached hydrogen (secondary N) is 1. The molecule has 8 nitrogen and oxygen atoms in total. The molecule has 0 radical (unpaired) electrons. The maximum Gasteiger partial charge on any atom is 0.269 e. The molecule has 0 unspecified atom stereocenters. The molecule has 23 heavy (non-hydrogen) atoms. The zero-order valence-corrected chi connectivity index (χ0v) is 14.2. The third-order valence-electron chi connectivity index (χ3n) is 3.67. The molecule has 1 N–H and O–H groups in total. The first-order valence-corrected chi connectivity index (χ1v) is 8.23. The predicted octanol–water partition coefficient (Wildman–Crippen LogP) is 1.56. The topological polar surface area (TPSA) is 87.1 Å². The molecule has 9 heteroatoms. The van der Waals surface area contributed by atoms with Crippen LogP contribution in [0, 0.1) is 6.92 Å². The molecule has 1 fully saturated rings. The van der Waals surface area contributed by atoms with Crippen molar-refractivity contribution in [1.29, 1.82) is 0 Å². The van der Waals surface area contributed by atoms with E-state index in [0.717, 1.165) is 37.5 Å². The Morgan fingerprint density at radius 2 is 2.09 bits per heavy atom. The first-order chi connectivity index (χ1) is 11.1. The monoisotopic (exact) mass is 333 g/mol. The summed E-state index contributed by atoms with van der Waals surface area (Å²) in [6.45, 7) is 3.72. The molecule has 122 valence electrons. The Bertz CT molecular complexity index is 709. The maximum absolute atomic E-state index is 12.3. The molecule has 1 aliphatic heterocycles. The summed E-state index contributed by atoms with van der Waals surface area (Å²) >= 11 is 1.08. The SMILES string of the molecule is Cc1nnsc1C(=O)Nc1cnc(N2CCCC2)nc1N(C)C. The molecule has 2 aromatic heterocycles. The van der Waals surface area contributed by atoms with Gasteiger partial charge < -0.3 is 15.1 Å². The standard InChI is InChI=1S/C14H19N7OS/c1-9-11(23-19-18-9)13(22)16-10-8-15-14(17-12(10)20(2)3)21-6-4-5-7-21/h8H,4-7H2,1-3H3,(H,16,22). The number of carbonyl (C=O) groups excluding carboxylic acids is 1. The van der Waals surface area contributed by atoms with Crippen LogP contribution in [0.3, 0.4) is 0 Å². The lowest BCUT2D eigenvalue weighted by Gasteiger charge is -2.20. The minimum Gasteiger partial charge on any atom is -0.361 e. The van der Waals surface area contributed by atoms with Crippen molar-refractivity contribution in [1.82, 2.24) is 19.6 Å². The molecule has 0 saturated carbocycles. The van der Waals surface area contributed by atoms with Crippen LogP contribution in [0.4, 0.5) is 17.5 Å². The fraction of sp³-hybridized carbons (Fsp3) is 0.500. The quantitative estimate of drug-likeness (QED) is 0.908. The van der Waals surface area contributed by atoms with Gasteiger partial charge in [-0.05, 0) is 31.3 Å². The summed E-state index contributed by atoms with van der Waals surface area (Å²) in [4.78, 5) is 25.9. The van der Waals surface area contributed by atoms with Crippen LogP contribution < -0.4 is 15.1 Å². The van der Waals surface area contributed by atoms with Gasteiger partial charge in [0, 0.05) is 27.2 Å². The summed E-state index contributed by atoms with van der Waals surface area (Å²) in [5, 5.41) is 6.72. The molecule has 3 heterocycles. The molecular weight excluding hydrogens is 314 g/mol. The lowest BCUT2D eigenvalue weighted by Crippen LogP contribution is -2.23. The number of rotatable bonds is 4. The van der Waals surface area contributed by atoms with Gasteiger partial charge in [0.25, 0.3) is 5.91 Å². The number of amides is 1. The van der Waals surface area contributed by atoms with E-state index < -0.39 is 0 Å². The number of nitrogens with zero attached hydrogens (tertiary/aromatic N) is 6. The van der Waals surface area contributed by atoms with E-state index in [-0.39, 0.29) is 5.91 Å². The van der Waals surface area contributed by atoms with E-state index in [1.54, 1.807) is 13.1 Å². The van der Waals surface area contributed by atoms with E-state index in [4.69, 9.17) is 0 Å². The number of hydrogen-bond acceptors (Lipinski definition) is 8. The van der Waals surface area contributed by atoms with E-state index in [1.807, 2.05) is 19.0 Å². The average Bonchev–Trinajstić information content (AvgIpc) is 3.18. The number of anilines is 3. The molecule has 0 spiro atoms. The minimum atomic E-state index is -0.238. The fourth-order valence-electron chi connectivity index (χ4n) is 2.48. The Labute approximate surface area is 138 Å². The van der Waals surface area contributed by atoms with Gasteiger partial charge in [0.15, 0.2) is 5.82 Å². The highest BCUT2D eigenvalue weighted by molar-refractivity contribution is 7.08. The van der Waals surface area contributed by atoms with Crippen molar-refractivity contribution in [3.05, 3.63) is 16.8 Å². The van der Waals surface area contributed by atoms with Crippen molar-refractivity contribution in [3.8, 4) is 0 Å². The van der Waals surface area contributed by atoms with Crippen molar-refractivity contribution in [2.24, 2.45) is 0 Å². The minimum absolute atomic E-state index is 0.238. The van der Waals surface area contributed by atoms with Gasteiger partial charge in [0.05, 0.1) is 11.9 Å². The number of aromatic nitrogens is 4. The number of aryl methyl sites for hydroxylation is 1. The second kappa shape index (κ2) is 6.45. The second-order valence-electron chi connectivity index (χ2n) is 5.64. The van der Waals surface area contributed by atoms with Crippen LogP contribution in [0.25, 0.3) is 0 Å². The third kappa shape index (κ3) is 3.24. The Kier molecular flexibility index (Phi) is 4.37. The van der Waals surface area contributed by atoms with Crippen LogP contribution in [-0.4, -0.2) is 52.6 Å². The lowest BCUT2D eigenvalue weighted by atomic mass is 10.3. The van der Waals surface area contributed by atoms with Crippen LogP contribution in [0.1, 0.15) is 28.2 Å². The highest BCUT2D eigenvalue weighted by atomic mass is 32.1. The van der Waals surface area contributed by atoms with Crippen molar-refractivity contribution in [3.63, 3.8) is 0 Å². The van der Waals surface area contributed by atoms with E-state index in [2.05, 4.69) is 29.8 Å². The molecule has 1 aliphatic rings. The molecule has 0 atom stereocenters. The summed E-state index contributed by atoms with van der Waals surface area (Å²) in [6, 6.07) is 0. The van der Waals surface area contributed by atoms with Gasteiger partial charge in [-0.3, -0.25) is 4.79 Å². The molecule has 2 aromatic rings. The predicted molar refractivity (Wildman–Crippen MR) is 90.4 cm³/mol. The number of hydrogen-bond donors (Lipinski definition) is 1. The highest BCUT2D eigenvalue weighted by Gasteiger charge is 2.20. The summed E-state index contributed by atoms with van der Waals surface area (Å²) in [7, 11) is 3.79. The smallest absolute Gasteiger partial charge is 0.269 e. The Hall–Kier alpha value is -2.29. The number of carbonyl (C=O) groups is 1. The molecule has 1 amide bonds. The van der Waals surface area contributed by atoms with E-state index >= 15 is 0 Å². The zero-order valence-electron chi connectivity index (χ0n) is 13.4. The van der Waals surface area contributed by atoms with Crippen LogP contribution in [0.2, 0.25) is 0 Å². The Morgan fingerprint density at radius 1 is 1.35 bits per heavy atom. The summed E-state index contributed by atoms with van der Waals surface area (Å²) < 4.78 is 3.79. The normalized spacial score (nSPS) is 14.1. The largest absolute Gasteiger partial charge is 0.361 e. The van der Waals surface area contributed by atoms with Crippen LogP contribution >= 0.6 is 11.5 Å². The third-order valence-corrected chi connectivity index (χ3v) is 4.50. The summed E-state index contributed by atoms with van der Waals surface area (Å²) in [5.41, 5.74) is 1.20. The lowest BCUT2D eigenvalue weighted by molar-refractivity contribution is 0.102. The van der Waals surface area contributed by atoms with Gasteiger partial charge in [-0.2, -0.15) is 4.98 Å². The fourth-order valence-corrected chi connectivity index (χ4v) is 3.03. The molecule has 3 rings (SSSR count). The van der Waals surface area contributed by atoms with Crippen LogP contribution in [0.5, 0.6) is 0 Å².